The first-order valence-electron chi connectivity index (χ1n) is 12.9. The lowest BCUT2D eigenvalue weighted by atomic mass is 9.60. The van der Waals surface area contributed by atoms with Gasteiger partial charge in [0.25, 0.3) is 0 Å². The van der Waals surface area contributed by atoms with Crippen molar-refractivity contribution in [1.29, 1.82) is 0 Å². The molecule has 0 radical (unpaired) electrons. The number of hydrogen-bond donors (Lipinski definition) is 0. The van der Waals surface area contributed by atoms with Crippen LogP contribution in [0.15, 0.2) is 78.9 Å². The van der Waals surface area contributed by atoms with Crippen molar-refractivity contribution in [3.05, 3.63) is 101 Å². The first kappa shape index (κ1) is 23.9. The Morgan fingerprint density at radius 3 is 1.59 bits per heavy atom. The SMILES string of the molecule is CCC12C(=O)C(CC)(C(c3ccccc3)=C1c1ccccc1)C1C(=O)N(c3ccc(C)c(Cl)c3)C(=O)C12. The number of ketones is 1. The molecular weight excluding hydrogens is 482 g/mol. The largest absolute Gasteiger partial charge is 0.298 e. The smallest absolute Gasteiger partial charge is 0.239 e. The fraction of sp³-hybridized carbons (Fsp3) is 0.281. The van der Waals surface area contributed by atoms with Crippen molar-refractivity contribution in [2.45, 2.75) is 33.6 Å². The summed E-state index contributed by atoms with van der Waals surface area (Å²) in [5, 5.41) is 0.498. The number of allylic oxidation sites excluding steroid dienone is 2. The highest BCUT2D eigenvalue weighted by Crippen LogP contribution is 2.75. The zero-order chi connectivity index (χ0) is 26.1. The molecule has 3 aromatic carbocycles. The third kappa shape index (κ3) is 2.82. The number of carbonyl (C=O) groups excluding carboxylic acids is 3. The summed E-state index contributed by atoms with van der Waals surface area (Å²) in [6, 6.07) is 25.1. The molecule has 1 heterocycles. The molecule has 2 bridgehead atoms. The lowest BCUT2D eigenvalue weighted by Gasteiger charge is -2.38. The van der Waals surface area contributed by atoms with Crippen molar-refractivity contribution in [2.75, 3.05) is 4.90 Å². The van der Waals surface area contributed by atoms with E-state index in [2.05, 4.69) is 0 Å². The van der Waals surface area contributed by atoms with Gasteiger partial charge in [-0.1, -0.05) is 92.2 Å². The number of rotatable bonds is 5. The van der Waals surface area contributed by atoms with E-state index in [-0.39, 0.29) is 17.6 Å². The van der Waals surface area contributed by atoms with Crippen molar-refractivity contribution >= 4 is 46.0 Å². The van der Waals surface area contributed by atoms with Crippen LogP contribution >= 0.6 is 11.6 Å². The van der Waals surface area contributed by atoms with Gasteiger partial charge in [-0.15, -0.1) is 0 Å². The van der Waals surface area contributed by atoms with Crippen LogP contribution in [0.5, 0.6) is 0 Å². The molecule has 0 N–H and O–H groups in total. The van der Waals surface area contributed by atoms with Gasteiger partial charge in [0.05, 0.1) is 28.4 Å². The number of nitrogens with zero attached hydrogens (tertiary/aromatic N) is 1. The molecular formula is C32H28ClNO3. The quantitative estimate of drug-likeness (QED) is 0.357. The van der Waals surface area contributed by atoms with Crippen LogP contribution in [0.2, 0.25) is 5.02 Å². The summed E-state index contributed by atoms with van der Waals surface area (Å²) >= 11 is 6.41. The summed E-state index contributed by atoms with van der Waals surface area (Å²) in [5.41, 5.74) is 2.85. The standard InChI is InChI=1S/C32H28ClNO3/c1-4-31-24(20-12-8-6-9-13-20)25(21-14-10-7-11-15-21)32(5-2,30(31)37)27-26(31)28(35)34(29(27)36)22-17-16-19(3)23(33)18-22/h6-18,26-27H,4-5H2,1-3H3. The predicted octanol–water partition coefficient (Wildman–Crippen LogP) is 6.75. The molecule has 1 saturated heterocycles. The van der Waals surface area contributed by atoms with E-state index in [1.165, 1.54) is 4.90 Å². The summed E-state index contributed by atoms with van der Waals surface area (Å²) in [6.45, 7) is 5.83. The Kier molecular flexibility index (Phi) is 5.33. The van der Waals surface area contributed by atoms with Gasteiger partial charge in [-0.05, 0) is 59.7 Å². The molecule has 2 aliphatic carbocycles. The molecule has 2 fully saturated rings. The van der Waals surface area contributed by atoms with E-state index < -0.39 is 22.7 Å². The second-order valence-electron chi connectivity index (χ2n) is 10.4. The van der Waals surface area contributed by atoms with Crippen LogP contribution in [0.3, 0.4) is 0 Å². The second kappa shape index (κ2) is 8.26. The maximum atomic E-state index is 14.7. The topological polar surface area (TPSA) is 54.5 Å². The minimum absolute atomic E-state index is 0.0148. The number of anilines is 1. The molecule has 0 spiro atoms. The minimum Gasteiger partial charge on any atom is -0.298 e. The summed E-state index contributed by atoms with van der Waals surface area (Å²) in [7, 11) is 0. The van der Waals surface area contributed by atoms with Gasteiger partial charge in [0.1, 0.15) is 0 Å². The fourth-order valence-electron chi connectivity index (χ4n) is 7.43. The van der Waals surface area contributed by atoms with E-state index in [1.54, 1.807) is 12.1 Å². The molecule has 186 valence electrons. The van der Waals surface area contributed by atoms with Crippen LogP contribution in [-0.4, -0.2) is 17.6 Å². The molecule has 6 rings (SSSR count). The first-order chi connectivity index (χ1) is 17.8. The normalized spacial score (nSPS) is 28.4. The summed E-state index contributed by atoms with van der Waals surface area (Å²) in [5.74, 6) is -2.09. The van der Waals surface area contributed by atoms with Crippen molar-refractivity contribution in [3.8, 4) is 0 Å². The number of benzene rings is 3. The van der Waals surface area contributed by atoms with Gasteiger partial charge in [0.2, 0.25) is 11.8 Å². The van der Waals surface area contributed by atoms with Crippen molar-refractivity contribution in [2.24, 2.45) is 22.7 Å². The van der Waals surface area contributed by atoms with Crippen LogP contribution in [0.1, 0.15) is 43.4 Å². The van der Waals surface area contributed by atoms with Gasteiger partial charge in [-0.3, -0.25) is 14.4 Å². The average molecular weight is 510 g/mol. The molecule has 37 heavy (non-hydrogen) atoms. The molecule has 1 saturated carbocycles. The molecule has 2 amide bonds. The minimum atomic E-state index is -1.08. The van der Waals surface area contributed by atoms with E-state index in [4.69, 9.17) is 11.6 Å². The molecule has 3 aliphatic rings. The molecule has 1 aliphatic heterocycles. The monoisotopic (exact) mass is 509 g/mol. The van der Waals surface area contributed by atoms with Gasteiger partial charge in [0.15, 0.2) is 5.78 Å². The number of amides is 2. The Labute approximate surface area is 221 Å². The van der Waals surface area contributed by atoms with Gasteiger partial charge >= 0.3 is 0 Å². The highest BCUT2D eigenvalue weighted by Gasteiger charge is 2.80. The van der Waals surface area contributed by atoms with E-state index in [1.807, 2.05) is 87.5 Å². The first-order valence-corrected chi connectivity index (χ1v) is 13.3. The Balaban J connectivity index is 1.66. The maximum absolute atomic E-state index is 14.7. The lowest BCUT2D eigenvalue weighted by molar-refractivity contribution is -0.134. The summed E-state index contributed by atoms with van der Waals surface area (Å²) < 4.78 is 0. The van der Waals surface area contributed by atoms with Crippen LogP contribution in [0.25, 0.3) is 11.1 Å². The molecule has 0 aromatic heterocycles. The number of Topliss-reactive ketones (excluding diaryl/α,β-unsaturated/α-hetero) is 1. The summed E-state index contributed by atoms with van der Waals surface area (Å²) in [4.78, 5) is 44.5. The fourth-order valence-corrected chi connectivity index (χ4v) is 7.61. The molecule has 4 nitrogen and oxygen atoms in total. The zero-order valence-corrected chi connectivity index (χ0v) is 21.9. The Morgan fingerprint density at radius 1 is 0.730 bits per heavy atom. The van der Waals surface area contributed by atoms with E-state index in [0.717, 1.165) is 27.8 Å². The number of carbonyl (C=O) groups is 3. The van der Waals surface area contributed by atoms with E-state index in [0.29, 0.717) is 23.6 Å². The Morgan fingerprint density at radius 2 is 1.19 bits per heavy atom. The van der Waals surface area contributed by atoms with Crippen LogP contribution < -0.4 is 4.90 Å². The number of imide groups is 1. The van der Waals surface area contributed by atoms with E-state index >= 15 is 0 Å². The van der Waals surface area contributed by atoms with Crippen LogP contribution in [0, 0.1) is 29.6 Å². The van der Waals surface area contributed by atoms with Crippen LogP contribution in [-0.2, 0) is 14.4 Å². The molecule has 3 aromatic rings. The predicted molar refractivity (Wildman–Crippen MR) is 146 cm³/mol. The number of halogens is 1. The highest BCUT2D eigenvalue weighted by molar-refractivity contribution is 6.35. The van der Waals surface area contributed by atoms with Crippen molar-refractivity contribution in [3.63, 3.8) is 0 Å². The number of fused-ring (bicyclic) bond motifs is 5. The zero-order valence-electron chi connectivity index (χ0n) is 21.1. The molecule has 4 atom stereocenters. The Bertz CT molecular complexity index is 1410. The second-order valence-corrected chi connectivity index (χ2v) is 10.8. The van der Waals surface area contributed by atoms with Crippen LogP contribution in [0.4, 0.5) is 5.69 Å². The van der Waals surface area contributed by atoms with Gasteiger partial charge in [-0.2, -0.15) is 0 Å². The van der Waals surface area contributed by atoms with Crippen molar-refractivity contribution in [1.82, 2.24) is 0 Å². The number of aryl methyl sites for hydroxylation is 1. The van der Waals surface area contributed by atoms with Crippen molar-refractivity contribution < 1.29 is 14.4 Å². The Hall–Kier alpha value is -3.50. The lowest BCUT2D eigenvalue weighted by Crippen LogP contribution is -2.41. The van der Waals surface area contributed by atoms with Gasteiger partial charge in [-0.25, -0.2) is 4.90 Å². The van der Waals surface area contributed by atoms with Gasteiger partial charge in [0, 0.05) is 5.02 Å². The van der Waals surface area contributed by atoms with E-state index in [9.17, 15) is 14.4 Å². The van der Waals surface area contributed by atoms with Gasteiger partial charge < -0.3 is 0 Å². The molecule has 4 unspecified atom stereocenters. The third-order valence-corrected chi connectivity index (χ3v) is 9.38. The average Bonchev–Trinajstić information content (AvgIpc) is 3.42. The number of hydrogen-bond acceptors (Lipinski definition) is 3. The third-order valence-electron chi connectivity index (χ3n) is 8.97. The highest BCUT2D eigenvalue weighted by atomic mass is 35.5. The maximum Gasteiger partial charge on any atom is 0.239 e. The molecule has 5 heteroatoms. The summed E-state index contributed by atoms with van der Waals surface area (Å²) in [6.07, 6.45) is 0.883.